The Kier molecular flexibility index (Phi) is 4.09. The van der Waals surface area contributed by atoms with Gasteiger partial charge in [-0.1, -0.05) is 19.9 Å². The molecular formula is C6H15N3. The van der Waals surface area contributed by atoms with Crippen LogP contribution in [0.3, 0.4) is 0 Å². The number of hydrogen-bond acceptors (Lipinski definition) is 3. The molecule has 0 aliphatic heterocycles. The van der Waals surface area contributed by atoms with Crippen LogP contribution >= 0.6 is 0 Å². The van der Waals surface area contributed by atoms with Gasteiger partial charge in [-0.05, 0) is 12.8 Å². The summed E-state index contributed by atoms with van der Waals surface area (Å²) in [5.41, 5.74) is 6.31. The summed E-state index contributed by atoms with van der Waals surface area (Å²) < 4.78 is 0. The molecule has 3 nitrogen and oxygen atoms in total. The summed E-state index contributed by atoms with van der Waals surface area (Å²) >= 11 is 0. The molecular weight excluding hydrogens is 114 g/mol. The lowest BCUT2D eigenvalue weighted by Gasteiger charge is -2.11. The highest BCUT2D eigenvalue weighted by molar-refractivity contribution is 4.98. The van der Waals surface area contributed by atoms with Gasteiger partial charge in [0.25, 0.3) is 0 Å². The number of nitrogens with one attached hydrogen (secondary N) is 2. The van der Waals surface area contributed by atoms with Crippen LogP contribution in [0.1, 0.15) is 20.8 Å². The second kappa shape index (κ2) is 4.35. The van der Waals surface area contributed by atoms with Crippen molar-refractivity contribution in [3.8, 4) is 0 Å². The Morgan fingerprint density at radius 3 is 2.22 bits per heavy atom. The quantitative estimate of drug-likeness (QED) is 0.384. The van der Waals surface area contributed by atoms with Gasteiger partial charge in [0.15, 0.2) is 0 Å². The standard InChI is InChI=1S/C6H15N3/c1-4-6(5(2)3)8-9-7/h4-5,8-9H,7H2,1-3H3/b6-4-. The van der Waals surface area contributed by atoms with Crippen molar-refractivity contribution in [2.24, 2.45) is 11.8 Å². The van der Waals surface area contributed by atoms with Crippen LogP contribution in [-0.2, 0) is 0 Å². The summed E-state index contributed by atoms with van der Waals surface area (Å²) in [7, 11) is 0. The highest BCUT2D eigenvalue weighted by Gasteiger charge is 1.97. The lowest BCUT2D eigenvalue weighted by atomic mass is 10.1. The molecule has 0 rings (SSSR count). The van der Waals surface area contributed by atoms with Gasteiger partial charge in [0.2, 0.25) is 0 Å². The Bertz CT molecular complexity index is 96.5. The lowest BCUT2D eigenvalue weighted by molar-refractivity contribution is 0.560. The monoisotopic (exact) mass is 129 g/mol. The fourth-order valence-corrected chi connectivity index (χ4v) is 0.633. The van der Waals surface area contributed by atoms with Crippen LogP contribution in [0, 0.1) is 5.92 Å². The molecule has 3 heteroatoms. The zero-order valence-corrected chi connectivity index (χ0v) is 6.23. The fourth-order valence-electron chi connectivity index (χ4n) is 0.633. The third-order valence-electron chi connectivity index (χ3n) is 1.15. The number of hydrazine groups is 2. The van der Waals surface area contributed by atoms with Crippen LogP contribution in [0.15, 0.2) is 11.8 Å². The van der Waals surface area contributed by atoms with Gasteiger partial charge in [0, 0.05) is 5.70 Å². The molecule has 0 atom stereocenters. The van der Waals surface area contributed by atoms with Crippen LogP contribution in [0.5, 0.6) is 0 Å². The average Bonchev–Trinajstić information content (AvgIpc) is 1.82. The summed E-state index contributed by atoms with van der Waals surface area (Å²) in [6, 6.07) is 0. The summed E-state index contributed by atoms with van der Waals surface area (Å²) in [4.78, 5) is 0. The molecule has 0 bridgehead atoms. The van der Waals surface area contributed by atoms with Crippen molar-refractivity contribution in [3.05, 3.63) is 11.8 Å². The van der Waals surface area contributed by atoms with E-state index < -0.39 is 0 Å². The molecule has 0 aromatic rings. The zero-order chi connectivity index (χ0) is 7.28. The first-order chi connectivity index (χ1) is 4.22. The molecule has 54 valence electrons. The Morgan fingerprint density at radius 1 is 1.56 bits per heavy atom. The molecule has 0 radical (unpaired) electrons. The number of allylic oxidation sites excluding steroid dienone is 2. The van der Waals surface area contributed by atoms with E-state index in [1.165, 1.54) is 0 Å². The van der Waals surface area contributed by atoms with Gasteiger partial charge in [-0.25, -0.2) is 0 Å². The van der Waals surface area contributed by atoms with E-state index in [2.05, 4.69) is 24.8 Å². The summed E-state index contributed by atoms with van der Waals surface area (Å²) in [6.07, 6.45) is 1.99. The second-order valence-electron chi connectivity index (χ2n) is 2.17. The normalized spacial score (nSPS) is 12.3. The van der Waals surface area contributed by atoms with Crippen LogP contribution in [0.4, 0.5) is 0 Å². The molecule has 0 aliphatic rings. The molecule has 0 heterocycles. The van der Waals surface area contributed by atoms with Crippen LogP contribution in [0.2, 0.25) is 0 Å². The first-order valence-electron chi connectivity index (χ1n) is 3.10. The van der Waals surface area contributed by atoms with Crippen molar-refractivity contribution >= 4 is 0 Å². The van der Waals surface area contributed by atoms with Crippen molar-refractivity contribution in [1.29, 1.82) is 0 Å². The van der Waals surface area contributed by atoms with Crippen molar-refractivity contribution in [3.63, 3.8) is 0 Å². The average molecular weight is 129 g/mol. The SMILES string of the molecule is C/C=C(\NNN)C(C)C. The van der Waals surface area contributed by atoms with E-state index in [0.717, 1.165) is 5.70 Å². The van der Waals surface area contributed by atoms with E-state index in [9.17, 15) is 0 Å². The van der Waals surface area contributed by atoms with E-state index in [-0.39, 0.29) is 0 Å². The highest BCUT2D eigenvalue weighted by Crippen LogP contribution is 2.02. The minimum Gasteiger partial charge on any atom is -0.313 e. The Labute approximate surface area is 56.3 Å². The molecule has 0 amide bonds. The second-order valence-corrected chi connectivity index (χ2v) is 2.17. The van der Waals surface area contributed by atoms with Gasteiger partial charge >= 0.3 is 0 Å². The molecule has 0 aromatic heterocycles. The highest BCUT2D eigenvalue weighted by atomic mass is 15.5. The molecule has 0 unspecified atom stereocenters. The minimum absolute atomic E-state index is 0.492. The van der Waals surface area contributed by atoms with Crippen molar-refractivity contribution in [2.75, 3.05) is 0 Å². The molecule has 0 aromatic carbocycles. The maximum Gasteiger partial charge on any atom is 0.0258 e. The summed E-state index contributed by atoms with van der Waals surface area (Å²) in [5.74, 6) is 5.53. The molecule has 0 spiro atoms. The van der Waals surface area contributed by atoms with Crippen molar-refractivity contribution < 1.29 is 0 Å². The van der Waals surface area contributed by atoms with Gasteiger partial charge in [-0.3, -0.25) is 5.84 Å². The van der Waals surface area contributed by atoms with E-state index >= 15 is 0 Å². The Morgan fingerprint density at radius 2 is 2.11 bits per heavy atom. The van der Waals surface area contributed by atoms with E-state index in [0.29, 0.717) is 5.92 Å². The van der Waals surface area contributed by atoms with Crippen molar-refractivity contribution in [1.82, 2.24) is 11.0 Å². The van der Waals surface area contributed by atoms with E-state index in [1.807, 2.05) is 13.0 Å². The fraction of sp³-hybridized carbons (Fsp3) is 0.667. The first-order valence-corrected chi connectivity index (χ1v) is 3.10. The van der Waals surface area contributed by atoms with Gasteiger partial charge in [-0.15, -0.1) is 0 Å². The van der Waals surface area contributed by atoms with Gasteiger partial charge in [-0.2, -0.15) is 5.53 Å². The molecule has 0 aliphatic carbocycles. The topological polar surface area (TPSA) is 50.1 Å². The number of hydrogen-bond donors (Lipinski definition) is 3. The maximum atomic E-state index is 5.04. The third-order valence-corrected chi connectivity index (χ3v) is 1.15. The number of rotatable bonds is 3. The third kappa shape index (κ3) is 3.11. The smallest absolute Gasteiger partial charge is 0.0258 e. The summed E-state index contributed by atoms with van der Waals surface area (Å²) in [6.45, 7) is 6.17. The predicted octanol–water partition coefficient (Wildman–Crippen LogP) is 0.514. The molecule has 0 saturated heterocycles. The Hall–Kier alpha value is -0.540. The number of nitrogens with two attached hydrogens (primary N) is 1. The maximum absolute atomic E-state index is 5.04. The first kappa shape index (κ1) is 8.46. The largest absolute Gasteiger partial charge is 0.313 e. The summed E-state index contributed by atoms with van der Waals surface area (Å²) in [5, 5.41) is 0. The van der Waals surface area contributed by atoms with Gasteiger partial charge in [0.1, 0.15) is 0 Å². The minimum atomic E-state index is 0.492. The van der Waals surface area contributed by atoms with Crippen LogP contribution in [-0.4, -0.2) is 0 Å². The van der Waals surface area contributed by atoms with E-state index in [1.54, 1.807) is 0 Å². The molecule has 4 N–H and O–H groups in total. The van der Waals surface area contributed by atoms with Crippen molar-refractivity contribution in [2.45, 2.75) is 20.8 Å². The molecule has 0 saturated carbocycles. The van der Waals surface area contributed by atoms with Gasteiger partial charge in [0.05, 0.1) is 0 Å². The van der Waals surface area contributed by atoms with Crippen LogP contribution in [0.25, 0.3) is 0 Å². The predicted molar refractivity (Wildman–Crippen MR) is 39.1 cm³/mol. The lowest BCUT2D eigenvalue weighted by Crippen LogP contribution is -2.38. The van der Waals surface area contributed by atoms with Crippen LogP contribution < -0.4 is 16.8 Å². The Balaban J connectivity index is 3.70. The van der Waals surface area contributed by atoms with Gasteiger partial charge < -0.3 is 5.43 Å². The molecule has 9 heavy (non-hydrogen) atoms. The molecule has 0 fully saturated rings. The zero-order valence-electron chi connectivity index (χ0n) is 6.23. The van der Waals surface area contributed by atoms with E-state index in [4.69, 9.17) is 5.84 Å².